The van der Waals surface area contributed by atoms with Gasteiger partial charge in [0.1, 0.15) is 11.5 Å². The molecule has 2 aromatic carbocycles. The molecule has 0 fully saturated rings. The van der Waals surface area contributed by atoms with Gasteiger partial charge in [-0.1, -0.05) is 105 Å². The summed E-state index contributed by atoms with van der Waals surface area (Å²) in [7, 11) is 0. The van der Waals surface area contributed by atoms with E-state index < -0.39 is 0 Å². The monoisotopic (exact) mass is 466 g/mol. The molecule has 0 aliphatic rings. The van der Waals surface area contributed by atoms with E-state index in [0.717, 1.165) is 35.1 Å². The van der Waals surface area contributed by atoms with Crippen molar-refractivity contribution in [3.63, 3.8) is 0 Å². The summed E-state index contributed by atoms with van der Waals surface area (Å²) in [6.07, 6.45) is 3.37. The highest BCUT2D eigenvalue weighted by molar-refractivity contribution is 5.50. The smallest absolute Gasteiger partial charge is 0.122 e. The highest BCUT2D eigenvalue weighted by Gasteiger charge is 2.32. The van der Waals surface area contributed by atoms with Crippen LogP contribution in [0.25, 0.3) is 0 Å². The normalized spacial score (nSPS) is 13.4. The lowest BCUT2D eigenvalue weighted by molar-refractivity contribution is 0.277. The van der Waals surface area contributed by atoms with Crippen LogP contribution in [0.1, 0.15) is 115 Å². The predicted octanol–water partition coefficient (Wildman–Crippen LogP) is 8.93. The molecule has 2 N–H and O–H groups in total. The lowest BCUT2D eigenvalue weighted by atomic mass is 9.71. The highest BCUT2D eigenvalue weighted by atomic mass is 16.3. The molecule has 0 atom stereocenters. The van der Waals surface area contributed by atoms with E-state index in [1.54, 1.807) is 0 Å². The van der Waals surface area contributed by atoms with E-state index in [9.17, 15) is 10.2 Å². The van der Waals surface area contributed by atoms with Crippen molar-refractivity contribution < 1.29 is 10.2 Å². The van der Waals surface area contributed by atoms with Crippen molar-refractivity contribution >= 4 is 0 Å². The standard InChI is InChI=1S/C32H50O2/c1-21-15-23(27(33)25(17-21)31(9,10)19-29(3,4)5)13-14-24-16-22(2)18-26(28(24)34)32(11,12)20-30(6,7)8/h15-18,33-34H,13-14,19-20H2,1-12H3. The second-order valence-corrected chi connectivity index (χ2v) is 14.4. The Morgan fingerprint density at radius 3 is 1.09 bits per heavy atom. The van der Waals surface area contributed by atoms with Gasteiger partial charge < -0.3 is 10.2 Å². The minimum atomic E-state index is -0.126. The van der Waals surface area contributed by atoms with Gasteiger partial charge >= 0.3 is 0 Å². The van der Waals surface area contributed by atoms with Crippen molar-refractivity contribution in [1.82, 2.24) is 0 Å². The predicted molar refractivity (Wildman–Crippen MR) is 147 cm³/mol. The van der Waals surface area contributed by atoms with E-state index in [4.69, 9.17) is 0 Å². The van der Waals surface area contributed by atoms with E-state index >= 15 is 0 Å². The highest BCUT2D eigenvalue weighted by Crippen LogP contribution is 2.44. The molecule has 0 spiro atoms. The Balaban J connectivity index is 2.41. The third-order valence-electron chi connectivity index (χ3n) is 6.73. The number of hydrogen-bond acceptors (Lipinski definition) is 2. The molecule has 0 aromatic heterocycles. The average molecular weight is 467 g/mol. The first-order valence-electron chi connectivity index (χ1n) is 12.9. The van der Waals surface area contributed by atoms with Gasteiger partial charge in [0, 0.05) is 11.1 Å². The summed E-state index contributed by atoms with van der Waals surface area (Å²) in [5.41, 5.74) is 6.41. The average Bonchev–Trinajstić information content (AvgIpc) is 2.60. The summed E-state index contributed by atoms with van der Waals surface area (Å²) in [5.74, 6) is 0.834. The maximum atomic E-state index is 11.3. The molecule has 34 heavy (non-hydrogen) atoms. The first-order valence-corrected chi connectivity index (χ1v) is 12.9. The van der Waals surface area contributed by atoms with E-state index in [1.807, 2.05) is 0 Å². The van der Waals surface area contributed by atoms with E-state index in [-0.39, 0.29) is 21.7 Å². The van der Waals surface area contributed by atoms with Gasteiger partial charge in [0.15, 0.2) is 0 Å². The fraction of sp³-hybridized carbons (Fsp3) is 0.625. The van der Waals surface area contributed by atoms with Crippen molar-refractivity contribution in [2.24, 2.45) is 10.8 Å². The van der Waals surface area contributed by atoms with Crippen LogP contribution in [0.5, 0.6) is 11.5 Å². The maximum absolute atomic E-state index is 11.3. The first kappa shape index (κ1) is 28.3. The Bertz CT molecular complexity index is 927. The van der Waals surface area contributed by atoms with E-state index in [0.29, 0.717) is 24.3 Å². The molecule has 190 valence electrons. The molecule has 2 heteroatoms. The summed E-state index contributed by atoms with van der Waals surface area (Å²) in [5, 5.41) is 22.6. The zero-order valence-corrected chi connectivity index (χ0v) is 24.0. The van der Waals surface area contributed by atoms with Gasteiger partial charge in [0.25, 0.3) is 0 Å². The molecule has 2 aromatic rings. The number of rotatable bonds is 7. The fourth-order valence-electron chi connectivity index (χ4n) is 6.23. The Kier molecular flexibility index (Phi) is 7.98. The summed E-state index contributed by atoms with van der Waals surface area (Å²) in [6.45, 7) is 26.6. The van der Waals surface area contributed by atoms with Crippen LogP contribution in [0, 0.1) is 24.7 Å². The van der Waals surface area contributed by atoms with Gasteiger partial charge in [0.05, 0.1) is 0 Å². The second kappa shape index (κ2) is 9.59. The fourth-order valence-corrected chi connectivity index (χ4v) is 6.23. The lowest BCUT2D eigenvalue weighted by Gasteiger charge is -2.34. The first-order chi connectivity index (χ1) is 15.2. The molecular formula is C32H50O2. The molecular weight excluding hydrogens is 416 g/mol. The van der Waals surface area contributed by atoms with Gasteiger partial charge in [-0.15, -0.1) is 0 Å². The Hall–Kier alpha value is -1.96. The van der Waals surface area contributed by atoms with Crippen LogP contribution in [0.15, 0.2) is 24.3 Å². The van der Waals surface area contributed by atoms with Crippen molar-refractivity contribution in [2.45, 2.75) is 120 Å². The summed E-state index contributed by atoms with van der Waals surface area (Å²) in [4.78, 5) is 0. The maximum Gasteiger partial charge on any atom is 0.122 e. The van der Waals surface area contributed by atoms with Crippen LogP contribution in [-0.2, 0) is 23.7 Å². The lowest BCUT2D eigenvalue weighted by Crippen LogP contribution is -2.25. The van der Waals surface area contributed by atoms with Gasteiger partial charge in [-0.05, 0) is 72.3 Å². The van der Waals surface area contributed by atoms with Crippen LogP contribution in [0.2, 0.25) is 0 Å². The van der Waals surface area contributed by atoms with Gasteiger partial charge in [-0.3, -0.25) is 0 Å². The number of aromatic hydroxyl groups is 2. The third-order valence-corrected chi connectivity index (χ3v) is 6.73. The number of phenols is 2. The number of benzene rings is 2. The topological polar surface area (TPSA) is 40.5 Å². The molecule has 0 bridgehead atoms. The summed E-state index contributed by atoms with van der Waals surface area (Å²) >= 11 is 0. The van der Waals surface area contributed by atoms with Crippen LogP contribution >= 0.6 is 0 Å². The second-order valence-electron chi connectivity index (χ2n) is 14.4. The SMILES string of the molecule is Cc1cc(CCc2cc(C)cc(C(C)(C)CC(C)(C)C)c2O)c(O)c(C(C)(C)CC(C)(C)C)c1. The zero-order chi connectivity index (χ0) is 26.3. The summed E-state index contributed by atoms with van der Waals surface area (Å²) in [6, 6.07) is 8.48. The molecule has 0 saturated heterocycles. The molecule has 0 saturated carbocycles. The molecule has 0 heterocycles. The number of phenolic OH excluding ortho intramolecular Hbond substituents is 2. The van der Waals surface area contributed by atoms with E-state index in [2.05, 4.69) is 107 Å². The van der Waals surface area contributed by atoms with Crippen molar-refractivity contribution in [3.8, 4) is 11.5 Å². The van der Waals surface area contributed by atoms with Crippen molar-refractivity contribution in [3.05, 3.63) is 57.6 Å². The molecule has 0 unspecified atom stereocenters. The molecule has 0 aliphatic heterocycles. The zero-order valence-electron chi connectivity index (χ0n) is 24.0. The van der Waals surface area contributed by atoms with Gasteiger partial charge in [-0.25, -0.2) is 0 Å². The van der Waals surface area contributed by atoms with Crippen LogP contribution in [0.3, 0.4) is 0 Å². The quantitative estimate of drug-likeness (QED) is 0.427. The third kappa shape index (κ3) is 7.27. The molecule has 2 nitrogen and oxygen atoms in total. The van der Waals surface area contributed by atoms with Crippen LogP contribution in [0.4, 0.5) is 0 Å². The summed E-state index contributed by atoms with van der Waals surface area (Å²) < 4.78 is 0. The minimum absolute atomic E-state index is 0.126. The molecule has 0 radical (unpaired) electrons. The molecule has 0 aliphatic carbocycles. The van der Waals surface area contributed by atoms with Gasteiger partial charge in [0.2, 0.25) is 0 Å². The number of hydrogen-bond donors (Lipinski definition) is 2. The Labute approximate surface area is 209 Å². The van der Waals surface area contributed by atoms with Crippen molar-refractivity contribution in [2.75, 3.05) is 0 Å². The van der Waals surface area contributed by atoms with Crippen molar-refractivity contribution in [1.29, 1.82) is 0 Å². The largest absolute Gasteiger partial charge is 0.507 e. The number of aryl methyl sites for hydroxylation is 4. The Morgan fingerprint density at radius 1 is 0.529 bits per heavy atom. The van der Waals surface area contributed by atoms with Crippen LogP contribution in [-0.4, -0.2) is 10.2 Å². The molecule has 2 rings (SSSR count). The minimum Gasteiger partial charge on any atom is -0.507 e. The Morgan fingerprint density at radius 2 is 0.824 bits per heavy atom. The molecule has 0 amide bonds. The van der Waals surface area contributed by atoms with Crippen LogP contribution < -0.4 is 0 Å². The van der Waals surface area contributed by atoms with Gasteiger partial charge in [-0.2, -0.15) is 0 Å². The van der Waals surface area contributed by atoms with E-state index in [1.165, 1.54) is 11.1 Å².